The van der Waals surface area contributed by atoms with Crippen molar-refractivity contribution in [3.05, 3.63) is 53.4 Å². The summed E-state index contributed by atoms with van der Waals surface area (Å²) in [4.78, 5) is 19.1. The summed E-state index contributed by atoms with van der Waals surface area (Å²) < 4.78 is 11.1. The van der Waals surface area contributed by atoms with E-state index < -0.39 is 0 Å². The molecule has 0 atom stereocenters. The molecule has 146 valence electrons. The number of carbonyl (C=O) groups is 1. The van der Waals surface area contributed by atoms with E-state index in [2.05, 4.69) is 15.2 Å². The van der Waals surface area contributed by atoms with E-state index >= 15 is 0 Å². The van der Waals surface area contributed by atoms with Crippen LogP contribution in [0.2, 0.25) is 5.02 Å². The number of hydrogen-bond acceptors (Lipinski definition) is 5. The zero-order valence-corrected chi connectivity index (χ0v) is 16.4. The Morgan fingerprint density at radius 2 is 2.11 bits per heavy atom. The van der Waals surface area contributed by atoms with Crippen molar-refractivity contribution >= 4 is 34.3 Å². The van der Waals surface area contributed by atoms with Crippen LogP contribution in [0.1, 0.15) is 24.7 Å². The molecule has 4 rings (SSSR count). The van der Waals surface area contributed by atoms with E-state index in [1.807, 2.05) is 42.5 Å². The molecular weight excluding hydrogens is 378 g/mol. The number of fused-ring (bicyclic) bond motifs is 1. The van der Waals surface area contributed by atoms with Crippen LogP contribution in [0, 0.1) is 0 Å². The van der Waals surface area contributed by atoms with Crippen molar-refractivity contribution in [1.82, 2.24) is 9.88 Å². The first kappa shape index (κ1) is 18.8. The zero-order valence-electron chi connectivity index (χ0n) is 15.7. The maximum atomic E-state index is 12.3. The van der Waals surface area contributed by atoms with Crippen LogP contribution in [0.5, 0.6) is 5.75 Å². The summed E-state index contributed by atoms with van der Waals surface area (Å²) in [5.74, 6) is 1.73. The van der Waals surface area contributed by atoms with Crippen LogP contribution in [0.4, 0.5) is 5.69 Å². The van der Waals surface area contributed by atoms with E-state index in [1.54, 1.807) is 7.11 Å². The Morgan fingerprint density at radius 3 is 2.89 bits per heavy atom. The van der Waals surface area contributed by atoms with Crippen molar-refractivity contribution in [3.63, 3.8) is 0 Å². The Labute approximate surface area is 168 Å². The second-order valence-corrected chi connectivity index (χ2v) is 7.43. The average molecular weight is 400 g/mol. The van der Waals surface area contributed by atoms with E-state index in [0.29, 0.717) is 11.6 Å². The number of ether oxygens (including phenoxy) is 1. The van der Waals surface area contributed by atoms with E-state index in [4.69, 9.17) is 20.8 Å². The fraction of sp³-hybridized carbons (Fsp3) is 0.333. The minimum Gasteiger partial charge on any atom is -0.497 e. The molecule has 0 radical (unpaired) electrons. The minimum absolute atomic E-state index is 0.0248. The molecule has 3 aromatic rings. The van der Waals surface area contributed by atoms with Gasteiger partial charge in [-0.1, -0.05) is 17.7 Å². The van der Waals surface area contributed by atoms with Crippen LogP contribution >= 0.6 is 11.6 Å². The molecule has 0 aliphatic carbocycles. The van der Waals surface area contributed by atoms with E-state index in [9.17, 15) is 4.79 Å². The highest BCUT2D eigenvalue weighted by Crippen LogP contribution is 2.30. The summed E-state index contributed by atoms with van der Waals surface area (Å²) in [5.41, 5.74) is 2.30. The van der Waals surface area contributed by atoms with Crippen molar-refractivity contribution in [3.8, 4) is 5.75 Å². The van der Waals surface area contributed by atoms with Gasteiger partial charge < -0.3 is 14.5 Å². The number of benzene rings is 2. The van der Waals surface area contributed by atoms with E-state index in [-0.39, 0.29) is 11.8 Å². The van der Waals surface area contributed by atoms with Gasteiger partial charge in [-0.15, -0.1) is 0 Å². The van der Waals surface area contributed by atoms with Gasteiger partial charge in [-0.25, -0.2) is 4.98 Å². The van der Waals surface area contributed by atoms with Crippen molar-refractivity contribution in [1.29, 1.82) is 0 Å². The molecule has 28 heavy (non-hydrogen) atoms. The number of nitrogens with zero attached hydrogens (tertiary/aromatic N) is 2. The van der Waals surface area contributed by atoms with Gasteiger partial charge in [0.15, 0.2) is 11.5 Å². The topological polar surface area (TPSA) is 67.6 Å². The minimum atomic E-state index is -0.0248. The first-order chi connectivity index (χ1) is 13.6. The number of methoxy groups -OCH3 is 1. The van der Waals surface area contributed by atoms with Gasteiger partial charge in [-0.3, -0.25) is 9.69 Å². The SMILES string of the molecule is COc1cccc(NC(=O)CN2CCC(c3nc4cc(Cl)ccc4o3)CC2)c1. The largest absolute Gasteiger partial charge is 0.497 e. The Hall–Kier alpha value is -2.57. The maximum Gasteiger partial charge on any atom is 0.238 e. The molecule has 1 aliphatic rings. The number of anilines is 1. The fourth-order valence-corrected chi connectivity index (χ4v) is 3.70. The third kappa shape index (κ3) is 4.29. The Balaban J connectivity index is 1.31. The standard InChI is InChI=1S/C21H22ClN3O3/c1-27-17-4-2-3-16(12-17)23-20(26)13-25-9-7-14(8-10-25)21-24-18-11-15(22)5-6-19(18)28-21/h2-6,11-12,14H,7-10,13H2,1H3,(H,23,26). The molecule has 1 fully saturated rings. The first-order valence-corrected chi connectivity index (χ1v) is 9.71. The summed E-state index contributed by atoms with van der Waals surface area (Å²) in [5, 5.41) is 3.58. The highest BCUT2D eigenvalue weighted by atomic mass is 35.5. The van der Waals surface area contributed by atoms with Crippen LogP contribution in [-0.4, -0.2) is 42.5 Å². The van der Waals surface area contributed by atoms with Gasteiger partial charge in [0.2, 0.25) is 5.91 Å². The number of nitrogens with one attached hydrogen (secondary N) is 1. The van der Waals surface area contributed by atoms with Crippen LogP contribution in [-0.2, 0) is 4.79 Å². The Kier molecular flexibility index (Phi) is 5.50. The lowest BCUT2D eigenvalue weighted by Crippen LogP contribution is -2.38. The number of aromatic nitrogens is 1. The third-order valence-corrected chi connectivity index (χ3v) is 5.26. The lowest BCUT2D eigenvalue weighted by atomic mass is 9.97. The van der Waals surface area contributed by atoms with Gasteiger partial charge in [-0.2, -0.15) is 0 Å². The molecule has 0 spiro atoms. The Morgan fingerprint density at radius 1 is 1.29 bits per heavy atom. The van der Waals surface area contributed by atoms with E-state index in [0.717, 1.165) is 54.4 Å². The van der Waals surface area contributed by atoms with Crippen molar-refractivity contribution in [2.24, 2.45) is 0 Å². The van der Waals surface area contributed by atoms with Gasteiger partial charge in [0.05, 0.1) is 13.7 Å². The zero-order chi connectivity index (χ0) is 19.5. The third-order valence-electron chi connectivity index (χ3n) is 5.02. The predicted molar refractivity (Wildman–Crippen MR) is 109 cm³/mol. The fourth-order valence-electron chi connectivity index (χ4n) is 3.54. The number of carbonyl (C=O) groups excluding carboxylic acids is 1. The van der Waals surface area contributed by atoms with Crippen molar-refractivity contribution in [2.45, 2.75) is 18.8 Å². The number of hydrogen-bond donors (Lipinski definition) is 1. The number of oxazole rings is 1. The maximum absolute atomic E-state index is 12.3. The number of amides is 1. The molecule has 1 aromatic heterocycles. The van der Waals surface area contributed by atoms with Crippen molar-refractivity contribution in [2.75, 3.05) is 32.1 Å². The number of rotatable bonds is 5. The lowest BCUT2D eigenvalue weighted by Gasteiger charge is -2.29. The summed E-state index contributed by atoms with van der Waals surface area (Å²) in [6, 6.07) is 12.8. The second kappa shape index (κ2) is 8.20. The normalized spacial score (nSPS) is 15.6. The highest BCUT2D eigenvalue weighted by Gasteiger charge is 2.25. The number of halogens is 1. The monoisotopic (exact) mass is 399 g/mol. The number of piperidine rings is 1. The van der Waals surface area contributed by atoms with Gasteiger partial charge >= 0.3 is 0 Å². The second-order valence-electron chi connectivity index (χ2n) is 6.99. The quantitative estimate of drug-likeness (QED) is 0.692. The molecule has 0 bridgehead atoms. The molecule has 0 saturated carbocycles. The van der Waals surface area contributed by atoms with E-state index in [1.165, 1.54) is 0 Å². The molecule has 0 unspecified atom stereocenters. The molecular formula is C21H22ClN3O3. The summed E-state index contributed by atoms with van der Waals surface area (Å²) in [6.45, 7) is 2.03. The van der Waals surface area contributed by atoms with Gasteiger partial charge in [0.25, 0.3) is 0 Å². The van der Waals surface area contributed by atoms with Crippen LogP contribution in [0.15, 0.2) is 46.9 Å². The smallest absolute Gasteiger partial charge is 0.238 e. The van der Waals surface area contributed by atoms with Gasteiger partial charge in [0.1, 0.15) is 11.3 Å². The molecule has 6 nitrogen and oxygen atoms in total. The van der Waals surface area contributed by atoms with Crippen LogP contribution in [0.3, 0.4) is 0 Å². The summed E-state index contributed by atoms with van der Waals surface area (Å²) in [6.07, 6.45) is 1.82. The predicted octanol–water partition coefficient (Wildman–Crippen LogP) is 4.31. The van der Waals surface area contributed by atoms with Crippen LogP contribution < -0.4 is 10.1 Å². The average Bonchev–Trinajstić information content (AvgIpc) is 3.11. The molecule has 2 heterocycles. The van der Waals surface area contributed by atoms with Gasteiger partial charge in [0, 0.05) is 22.7 Å². The van der Waals surface area contributed by atoms with Crippen LogP contribution in [0.25, 0.3) is 11.1 Å². The summed E-state index contributed by atoms with van der Waals surface area (Å²) in [7, 11) is 1.61. The molecule has 7 heteroatoms. The summed E-state index contributed by atoms with van der Waals surface area (Å²) >= 11 is 6.02. The first-order valence-electron chi connectivity index (χ1n) is 9.33. The molecule has 2 aromatic carbocycles. The molecule has 1 aliphatic heterocycles. The molecule has 1 amide bonds. The number of likely N-dealkylation sites (tertiary alicyclic amines) is 1. The van der Waals surface area contributed by atoms with Gasteiger partial charge in [-0.05, 0) is 56.3 Å². The molecule has 1 N–H and O–H groups in total. The highest BCUT2D eigenvalue weighted by molar-refractivity contribution is 6.31. The van der Waals surface area contributed by atoms with Crippen molar-refractivity contribution < 1.29 is 13.9 Å². The molecule has 1 saturated heterocycles. The Bertz CT molecular complexity index is 980. The lowest BCUT2D eigenvalue weighted by molar-refractivity contribution is -0.117.